The molecule has 2 aromatic rings. The molecule has 1 aromatic heterocycles. The van der Waals surface area contributed by atoms with Gasteiger partial charge in [-0.2, -0.15) is 4.98 Å². The fraction of sp³-hybridized carbons (Fsp3) is 0.524. The van der Waals surface area contributed by atoms with Crippen LogP contribution >= 0.6 is 0 Å². The van der Waals surface area contributed by atoms with Crippen molar-refractivity contribution in [2.45, 2.75) is 63.6 Å². The van der Waals surface area contributed by atoms with Crippen LogP contribution in [-0.2, 0) is 21.0 Å². The fourth-order valence-corrected chi connectivity index (χ4v) is 4.81. The lowest BCUT2D eigenvalue weighted by Crippen LogP contribution is -2.41. The third-order valence-electron chi connectivity index (χ3n) is 6.54. The monoisotopic (exact) mass is 429 g/mol. The topological polar surface area (TPSA) is 129 Å². The largest absolute Gasteiger partial charge is 0.450 e. The number of nitrogens with zero attached hydrogens (tertiary/aromatic N) is 3. The lowest BCUT2D eigenvalue weighted by Gasteiger charge is -2.32. The Balaban J connectivity index is 1.53. The molecule has 0 aliphatic carbocycles. The SMILES string of the molecule is CC1(C)c2cc3c(cc2C(C)(C)N1[O])Oc1cn([C@H]2C[C@H](O)[C@@H](CO)O2)c(=O)nc1N3. The Kier molecular flexibility index (Phi) is 4.28. The van der Waals surface area contributed by atoms with Crippen LogP contribution in [0.5, 0.6) is 11.5 Å². The third kappa shape index (κ3) is 2.83. The highest BCUT2D eigenvalue weighted by Gasteiger charge is 2.51. The molecular formula is C21H25N4O6. The molecule has 165 valence electrons. The molecule has 31 heavy (non-hydrogen) atoms. The normalized spacial score (nSPS) is 27.8. The second-order valence-corrected chi connectivity index (χ2v) is 9.29. The van der Waals surface area contributed by atoms with Crippen LogP contribution in [0, 0.1) is 0 Å². The summed E-state index contributed by atoms with van der Waals surface area (Å²) in [5, 5.41) is 36.4. The Hall–Kier alpha value is -2.50. The summed E-state index contributed by atoms with van der Waals surface area (Å²) in [6, 6.07) is 3.73. The maximum Gasteiger partial charge on any atom is 0.351 e. The summed E-state index contributed by atoms with van der Waals surface area (Å²) < 4.78 is 12.9. The first-order valence-electron chi connectivity index (χ1n) is 10.2. The van der Waals surface area contributed by atoms with Crippen molar-refractivity contribution in [3.8, 4) is 11.5 Å². The highest BCUT2D eigenvalue weighted by molar-refractivity contribution is 5.75. The molecule has 1 fully saturated rings. The molecule has 3 aliphatic rings. The van der Waals surface area contributed by atoms with Gasteiger partial charge in [-0.3, -0.25) is 4.57 Å². The van der Waals surface area contributed by atoms with Crippen molar-refractivity contribution in [1.82, 2.24) is 14.6 Å². The minimum absolute atomic E-state index is 0.158. The van der Waals surface area contributed by atoms with Crippen molar-refractivity contribution in [3.63, 3.8) is 0 Å². The molecule has 4 heterocycles. The van der Waals surface area contributed by atoms with Gasteiger partial charge in [-0.05, 0) is 51.0 Å². The zero-order valence-corrected chi connectivity index (χ0v) is 17.7. The van der Waals surface area contributed by atoms with Gasteiger partial charge in [-0.1, -0.05) is 0 Å². The van der Waals surface area contributed by atoms with Gasteiger partial charge in [0.25, 0.3) is 0 Å². The summed E-state index contributed by atoms with van der Waals surface area (Å²) in [7, 11) is 0. The van der Waals surface area contributed by atoms with E-state index in [9.17, 15) is 20.2 Å². The van der Waals surface area contributed by atoms with Crippen molar-refractivity contribution in [2.24, 2.45) is 0 Å². The van der Waals surface area contributed by atoms with Crippen molar-refractivity contribution < 1.29 is 24.9 Å². The van der Waals surface area contributed by atoms with Gasteiger partial charge in [0.15, 0.2) is 17.3 Å². The highest BCUT2D eigenvalue weighted by atomic mass is 16.5. The van der Waals surface area contributed by atoms with Gasteiger partial charge in [0.05, 0.1) is 35.7 Å². The number of benzene rings is 1. The molecule has 3 N–H and O–H groups in total. The van der Waals surface area contributed by atoms with Gasteiger partial charge in [-0.15, -0.1) is 10.3 Å². The maximum absolute atomic E-state index is 12.9. The van der Waals surface area contributed by atoms with Crippen molar-refractivity contribution in [1.29, 1.82) is 0 Å². The molecule has 10 nitrogen and oxygen atoms in total. The fourth-order valence-electron chi connectivity index (χ4n) is 4.81. The Morgan fingerprint density at radius 1 is 1.19 bits per heavy atom. The Morgan fingerprint density at radius 3 is 2.52 bits per heavy atom. The van der Waals surface area contributed by atoms with Gasteiger partial charge < -0.3 is 25.0 Å². The zero-order valence-electron chi connectivity index (χ0n) is 17.7. The number of fused-ring (bicyclic) bond motifs is 3. The predicted molar refractivity (Wildman–Crippen MR) is 108 cm³/mol. The molecule has 1 aromatic carbocycles. The third-order valence-corrected chi connectivity index (χ3v) is 6.54. The number of aliphatic hydroxyl groups is 2. The first kappa shape index (κ1) is 20.4. The van der Waals surface area contributed by atoms with Crippen molar-refractivity contribution in [2.75, 3.05) is 11.9 Å². The van der Waals surface area contributed by atoms with Gasteiger partial charge in [0.2, 0.25) is 0 Å². The quantitative estimate of drug-likeness (QED) is 0.563. The van der Waals surface area contributed by atoms with Crippen LogP contribution in [0.1, 0.15) is 51.5 Å². The van der Waals surface area contributed by atoms with E-state index >= 15 is 0 Å². The van der Waals surface area contributed by atoms with Gasteiger partial charge in [0.1, 0.15) is 12.3 Å². The smallest absolute Gasteiger partial charge is 0.351 e. The summed E-state index contributed by atoms with van der Waals surface area (Å²) in [6.45, 7) is 7.17. The van der Waals surface area contributed by atoms with Gasteiger partial charge >= 0.3 is 5.69 Å². The van der Waals surface area contributed by atoms with Crippen molar-refractivity contribution in [3.05, 3.63) is 39.9 Å². The first-order chi connectivity index (χ1) is 14.5. The number of aliphatic hydroxyl groups excluding tert-OH is 2. The maximum atomic E-state index is 12.9. The van der Waals surface area contributed by atoms with Gasteiger partial charge in [-0.25, -0.2) is 4.79 Å². The van der Waals surface area contributed by atoms with Crippen LogP contribution in [0.2, 0.25) is 0 Å². The van der Waals surface area contributed by atoms with E-state index in [-0.39, 0.29) is 18.8 Å². The van der Waals surface area contributed by atoms with E-state index in [0.717, 1.165) is 16.2 Å². The molecule has 5 rings (SSSR count). The highest BCUT2D eigenvalue weighted by Crippen LogP contribution is 2.53. The van der Waals surface area contributed by atoms with Gasteiger partial charge in [0, 0.05) is 6.42 Å². The molecule has 0 unspecified atom stereocenters. The molecule has 1 saturated heterocycles. The molecule has 0 bridgehead atoms. The molecule has 0 saturated carbocycles. The number of nitrogens with one attached hydrogen (secondary N) is 1. The number of hydrogen-bond acceptors (Lipinski definition) is 8. The molecule has 10 heteroatoms. The van der Waals surface area contributed by atoms with Crippen molar-refractivity contribution >= 4 is 11.5 Å². The zero-order chi connectivity index (χ0) is 22.3. The average molecular weight is 429 g/mol. The molecule has 3 atom stereocenters. The average Bonchev–Trinajstić information content (AvgIpc) is 3.15. The second kappa shape index (κ2) is 6.50. The van der Waals surface area contributed by atoms with E-state index in [1.165, 1.54) is 10.8 Å². The number of ether oxygens (including phenoxy) is 2. The van der Waals surface area contributed by atoms with Crippen LogP contribution in [0.4, 0.5) is 11.5 Å². The number of rotatable bonds is 2. The second-order valence-electron chi connectivity index (χ2n) is 9.29. The Bertz CT molecular complexity index is 1130. The number of aromatic nitrogens is 2. The summed E-state index contributed by atoms with van der Waals surface area (Å²) in [4.78, 5) is 16.7. The summed E-state index contributed by atoms with van der Waals surface area (Å²) in [5.74, 6) is 1.12. The number of anilines is 2. The summed E-state index contributed by atoms with van der Waals surface area (Å²) in [6.07, 6.45) is -0.737. The van der Waals surface area contributed by atoms with E-state index in [2.05, 4.69) is 10.3 Å². The number of hydrogen-bond donors (Lipinski definition) is 3. The number of hydroxylamine groups is 2. The van der Waals surface area contributed by atoms with Crippen LogP contribution in [0.3, 0.4) is 0 Å². The van der Waals surface area contributed by atoms with E-state index in [1.54, 1.807) is 0 Å². The van der Waals surface area contributed by atoms with E-state index in [0.29, 0.717) is 17.2 Å². The summed E-state index contributed by atoms with van der Waals surface area (Å²) >= 11 is 0. The summed E-state index contributed by atoms with van der Waals surface area (Å²) in [5.41, 5.74) is 0.400. The van der Waals surface area contributed by atoms with E-state index in [1.807, 2.05) is 39.8 Å². The first-order valence-corrected chi connectivity index (χ1v) is 10.2. The predicted octanol–water partition coefficient (Wildman–Crippen LogP) is 1.86. The Morgan fingerprint density at radius 2 is 1.87 bits per heavy atom. The van der Waals surface area contributed by atoms with Crippen LogP contribution in [0.25, 0.3) is 0 Å². The molecular weight excluding hydrogens is 404 g/mol. The Labute approximate surface area is 178 Å². The molecule has 1 radical (unpaired) electrons. The molecule has 0 amide bonds. The lowest BCUT2D eigenvalue weighted by atomic mass is 9.89. The van der Waals surface area contributed by atoms with E-state index < -0.39 is 35.2 Å². The standard InChI is InChI=1S/C21H25N4O6/c1-20(2)10-5-12-14(6-11(10)21(3,4)25(20)29)30-15-8-24(19(28)23-18(15)22-12)17-7-13(27)16(9-26)31-17/h5-6,8,13,16-17,26-27H,7,9H2,1-4H3,(H,22,23,28)/t13-,16+,17+/m0/s1. The lowest BCUT2D eigenvalue weighted by molar-refractivity contribution is -0.266. The minimum atomic E-state index is -0.874. The molecule has 0 spiro atoms. The van der Waals surface area contributed by atoms with E-state index in [4.69, 9.17) is 9.47 Å². The molecule has 3 aliphatic heterocycles. The van der Waals surface area contributed by atoms with Crippen LogP contribution in [0.15, 0.2) is 23.1 Å². The minimum Gasteiger partial charge on any atom is -0.450 e. The van der Waals surface area contributed by atoms with Crippen LogP contribution < -0.4 is 15.7 Å². The van der Waals surface area contributed by atoms with Crippen LogP contribution in [-0.4, -0.2) is 43.6 Å².